The van der Waals surface area contributed by atoms with Crippen molar-refractivity contribution in [2.75, 3.05) is 6.61 Å². The summed E-state index contributed by atoms with van der Waals surface area (Å²) in [5, 5.41) is 12.4. The van der Waals surface area contributed by atoms with E-state index in [4.69, 9.17) is 46.7 Å². The van der Waals surface area contributed by atoms with Gasteiger partial charge in [-0.2, -0.15) is 0 Å². The number of rotatable bonds is 8. The van der Waals surface area contributed by atoms with Crippen molar-refractivity contribution in [1.29, 1.82) is 0 Å². The molecule has 2 aromatic carbocycles. The zero-order valence-corrected chi connectivity index (χ0v) is 25.6. The third-order valence-corrected chi connectivity index (χ3v) is 7.64. The minimum atomic E-state index is -1.67. The van der Waals surface area contributed by atoms with Gasteiger partial charge < -0.3 is 23.5 Å². The highest BCUT2D eigenvalue weighted by atomic mass is 35.5. The number of ether oxygens (including phenoxy) is 4. The average Bonchev–Trinajstić information content (AvgIpc) is 3.67. The monoisotopic (exact) mass is 682 g/mol. The van der Waals surface area contributed by atoms with E-state index in [1.54, 1.807) is 18.2 Å². The second-order valence-corrected chi connectivity index (χ2v) is 10.9. The average molecular weight is 683 g/mol. The van der Waals surface area contributed by atoms with Gasteiger partial charge in [0.05, 0.1) is 22.4 Å². The fourth-order valence-electron chi connectivity index (χ4n) is 5.03. The van der Waals surface area contributed by atoms with Gasteiger partial charge in [0.15, 0.2) is 41.5 Å². The second-order valence-electron chi connectivity index (χ2n) is 10.1. The quantitative estimate of drug-likeness (QED) is 0.133. The summed E-state index contributed by atoms with van der Waals surface area (Å²) in [7, 11) is 0. The molecule has 242 valence electrons. The van der Waals surface area contributed by atoms with Gasteiger partial charge in [0.25, 0.3) is 0 Å². The zero-order chi connectivity index (χ0) is 33.3. The summed E-state index contributed by atoms with van der Waals surface area (Å²) in [4.78, 5) is 36.6. The van der Waals surface area contributed by atoms with Crippen molar-refractivity contribution in [3.8, 4) is 22.4 Å². The predicted molar refractivity (Wildman–Crippen MR) is 152 cm³/mol. The zero-order valence-electron chi connectivity index (χ0n) is 24.1. The third kappa shape index (κ3) is 6.85. The Balaban J connectivity index is 1.67. The van der Waals surface area contributed by atoms with Gasteiger partial charge in [0.1, 0.15) is 24.4 Å². The lowest BCUT2D eigenvalue weighted by Crippen LogP contribution is -2.55. The third-order valence-electron chi connectivity index (χ3n) is 6.90. The highest BCUT2D eigenvalue weighted by molar-refractivity contribution is 6.42. The fraction of sp³-hybridized carbons (Fsp3) is 0.310. The lowest BCUT2D eigenvalue weighted by atomic mass is 9.89. The van der Waals surface area contributed by atoms with Gasteiger partial charge in [-0.1, -0.05) is 39.6 Å². The Hall–Kier alpha value is -4.47. The largest absolute Gasteiger partial charge is 0.463 e. The Kier molecular flexibility index (Phi) is 9.65. The predicted octanol–water partition coefficient (Wildman–Crippen LogP) is 5.43. The van der Waals surface area contributed by atoms with Crippen LogP contribution in [0.4, 0.5) is 13.2 Å². The molecule has 0 aliphatic carbocycles. The SMILES string of the molecule is CC(=O)OC[C@H]1O[C@@H](c2oncc2-c2ccc(Cl)c(Cl)c2)[C@H](OC(C)=O)[C@@H](n2cc(-c3cc(F)c(F)c(F)c3)nn2)[C@H]1OC(C)=O. The number of nitrogens with zero attached hydrogens (tertiary/aromatic N) is 4. The molecule has 1 aliphatic heterocycles. The van der Waals surface area contributed by atoms with E-state index in [9.17, 15) is 27.6 Å². The number of esters is 3. The van der Waals surface area contributed by atoms with Gasteiger partial charge in [-0.3, -0.25) is 14.4 Å². The van der Waals surface area contributed by atoms with Crippen LogP contribution in [0.1, 0.15) is 38.7 Å². The van der Waals surface area contributed by atoms with Crippen LogP contribution in [0, 0.1) is 17.5 Å². The highest BCUT2D eigenvalue weighted by Gasteiger charge is 2.54. The smallest absolute Gasteiger partial charge is 0.303 e. The van der Waals surface area contributed by atoms with Crippen LogP contribution in [0.25, 0.3) is 22.4 Å². The minimum Gasteiger partial charge on any atom is -0.463 e. The Morgan fingerprint density at radius 1 is 0.913 bits per heavy atom. The van der Waals surface area contributed by atoms with Gasteiger partial charge in [-0.05, 0) is 29.8 Å². The molecule has 0 bridgehead atoms. The number of carbonyl (C=O) groups is 3. The standard InChI is InChI=1S/C29H23Cl2F3N4O8/c1-12(39)42-11-23-27(43-13(2)40)25(38-10-22(36-37-38)16-7-20(32)24(34)21(33)8-16)28(44-14(3)41)29(45-23)26-17(9-35-46-26)15-4-5-18(30)19(31)6-15/h4-10,23,25,27-29H,11H2,1-3H3/t23-,25+,27+,28-,29+/m1/s1. The first kappa shape index (κ1) is 32.9. The molecule has 0 saturated carbocycles. The summed E-state index contributed by atoms with van der Waals surface area (Å²) in [5.74, 6) is -6.83. The summed E-state index contributed by atoms with van der Waals surface area (Å²) in [6.45, 7) is 2.95. The molecule has 12 nitrogen and oxygen atoms in total. The fourth-order valence-corrected chi connectivity index (χ4v) is 5.33. The lowest BCUT2D eigenvalue weighted by molar-refractivity contribution is -0.234. The summed E-state index contributed by atoms with van der Waals surface area (Å²) in [6, 6.07) is 4.87. The summed E-state index contributed by atoms with van der Waals surface area (Å²) < 4.78 is 71.3. The molecule has 0 radical (unpaired) electrons. The number of halogens is 5. The number of hydrogen-bond donors (Lipinski definition) is 0. The molecule has 2 aromatic heterocycles. The molecule has 0 N–H and O–H groups in total. The summed E-state index contributed by atoms with van der Waals surface area (Å²) >= 11 is 12.3. The van der Waals surface area contributed by atoms with E-state index < -0.39 is 72.4 Å². The Bertz CT molecular complexity index is 1780. The molecule has 1 saturated heterocycles. The maximum Gasteiger partial charge on any atom is 0.303 e. The van der Waals surface area contributed by atoms with Gasteiger partial charge in [0.2, 0.25) is 0 Å². The Labute approximate surface area is 268 Å². The number of aromatic nitrogens is 4. The van der Waals surface area contributed by atoms with Crippen molar-refractivity contribution in [2.45, 2.75) is 51.2 Å². The molecule has 3 heterocycles. The molecule has 1 fully saturated rings. The molecule has 4 aromatic rings. The van der Waals surface area contributed by atoms with Crippen molar-refractivity contribution >= 4 is 41.1 Å². The van der Waals surface area contributed by atoms with Crippen molar-refractivity contribution < 1.29 is 51.0 Å². The van der Waals surface area contributed by atoms with Crippen molar-refractivity contribution in [3.05, 3.63) is 76.0 Å². The summed E-state index contributed by atoms with van der Waals surface area (Å²) in [5.41, 5.74) is 0.562. The minimum absolute atomic E-state index is 0.0340. The van der Waals surface area contributed by atoms with Gasteiger partial charge >= 0.3 is 17.9 Å². The number of benzene rings is 2. The van der Waals surface area contributed by atoms with Crippen LogP contribution < -0.4 is 0 Å². The van der Waals surface area contributed by atoms with Crippen LogP contribution in [0.5, 0.6) is 0 Å². The lowest BCUT2D eigenvalue weighted by Gasteiger charge is -2.44. The van der Waals surface area contributed by atoms with E-state index in [-0.39, 0.29) is 27.1 Å². The van der Waals surface area contributed by atoms with E-state index in [1.165, 1.54) is 12.4 Å². The van der Waals surface area contributed by atoms with Crippen LogP contribution in [0.2, 0.25) is 10.0 Å². The Morgan fingerprint density at radius 2 is 1.59 bits per heavy atom. The molecule has 0 spiro atoms. The van der Waals surface area contributed by atoms with Crippen LogP contribution in [0.3, 0.4) is 0 Å². The van der Waals surface area contributed by atoms with Crippen molar-refractivity contribution in [1.82, 2.24) is 20.2 Å². The molecular weight excluding hydrogens is 660 g/mol. The van der Waals surface area contributed by atoms with Gasteiger partial charge in [-0.25, -0.2) is 17.9 Å². The number of carbonyl (C=O) groups excluding carboxylic acids is 3. The van der Waals surface area contributed by atoms with Gasteiger partial charge in [-0.15, -0.1) is 5.10 Å². The van der Waals surface area contributed by atoms with Crippen LogP contribution in [0.15, 0.2) is 47.2 Å². The first-order valence-corrected chi connectivity index (χ1v) is 14.2. The van der Waals surface area contributed by atoms with Crippen molar-refractivity contribution in [3.63, 3.8) is 0 Å². The van der Waals surface area contributed by atoms with Crippen LogP contribution in [-0.4, -0.2) is 63.0 Å². The molecule has 1 aliphatic rings. The normalized spacial score (nSPS) is 21.1. The van der Waals surface area contributed by atoms with Crippen LogP contribution >= 0.6 is 23.2 Å². The molecule has 5 atom stereocenters. The molecule has 46 heavy (non-hydrogen) atoms. The first-order valence-electron chi connectivity index (χ1n) is 13.4. The van der Waals surface area contributed by atoms with E-state index >= 15 is 0 Å². The Morgan fingerprint density at radius 3 is 2.22 bits per heavy atom. The second kappa shape index (κ2) is 13.5. The van der Waals surface area contributed by atoms with E-state index in [2.05, 4.69) is 15.5 Å². The first-order chi connectivity index (χ1) is 21.8. The van der Waals surface area contributed by atoms with Crippen LogP contribution in [-0.2, 0) is 33.3 Å². The van der Waals surface area contributed by atoms with Crippen molar-refractivity contribution in [2.24, 2.45) is 0 Å². The molecule has 0 amide bonds. The molecular formula is C29H23Cl2F3N4O8. The topological polar surface area (TPSA) is 145 Å². The maximum absolute atomic E-state index is 14.1. The van der Waals surface area contributed by atoms with E-state index in [0.29, 0.717) is 23.3 Å². The van der Waals surface area contributed by atoms with Gasteiger partial charge in [0, 0.05) is 31.9 Å². The highest BCUT2D eigenvalue weighted by Crippen LogP contribution is 2.45. The van der Waals surface area contributed by atoms with E-state index in [0.717, 1.165) is 25.5 Å². The molecule has 17 heteroatoms. The number of hydrogen-bond acceptors (Lipinski definition) is 11. The summed E-state index contributed by atoms with van der Waals surface area (Å²) in [6.07, 6.45) is -2.72. The maximum atomic E-state index is 14.1. The molecule has 0 unspecified atom stereocenters. The van der Waals surface area contributed by atoms with E-state index in [1.807, 2.05) is 0 Å². The molecule has 5 rings (SSSR count).